The number of nitrogens with zero attached hydrogens (tertiary/aromatic N) is 1. The lowest BCUT2D eigenvalue weighted by atomic mass is 10.3. The minimum atomic E-state index is -1.01. The summed E-state index contributed by atoms with van der Waals surface area (Å²) in [5.41, 5.74) is 0. The van der Waals surface area contributed by atoms with Crippen molar-refractivity contribution in [3.8, 4) is 0 Å². The van der Waals surface area contributed by atoms with Crippen LogP contribution in [0.4, 0.5) is 4.79 Å². The lowest BCUT2D eigenvalue weighted by Gasteiger charge is -2.27. The van der Waals surface area contributed by atoms with Gasteiger partial charge in [-0.2, -0.15) is 0 Å². The van der Waals surface area contributed by atoms with Crippen molar-refractivity contribution in [3.05, 3.63) is 0 Å². The third kappa shape index (κ3) is 3.72. The summed E-state index contributed by atoms with van der Waals surface area (Å²) in [5, 5.41) is 11.2. The normalized spacial score (nSPS) is 17.0. The van der Waals surface area contributed by atoms with E-state index in [1.807, 2.05) is 13.8 Å². The molecule has 0 aromatic carbocycles. The zero-order valence-corrected chi connectivity index (χ0v) is 10.1. The molecule has 0 bridgehead atoms. The van der Waals surface area contributed by atoms with Crippen LogP contribution in [0.15, 0.2) is 0 Å². The molecule has 2 amide bonds. The molecule has 0 saturated heterocycles. The summed E-state index contributed by atoms with van der Waals surface area (Å²) in [6, 6.07) is -1.02. The maximum Gasteiger partial charge on any atom is 0.325 e. The van der Waals surface area contributed by atoms with Gasteiger partial charge in [0.05, 0.1) is 0 Å². The molecule has 1 fully saturated rings. The van der Waals surface area contributed by atoms with E-state index < -0.39 is 12.0 Å². The molecule has 1 aliphatic carbocycles. The molecule has 1 saturated carbocycles. The van der Waals surface area contributed by atoms with Crippen molar-refractivity contribution >= 4 is 12.0 Å². The lowest BCUT2D eigenvalue weighted by molar-refractivity contribution is -0.138. The molecule has 1 atom stereocenters. The van der Waals surface area contributed by atoms with Gasteiger partial charge in [-0.15, -0.1) is 0 Å². The van der Waals surface area contributed by atoms with E-state index in [9.17, 15) is 9.59 Å². The smallest absolute Gasteiger partial charge is 0.325 e. The van der Waals surface area contributed by atoms with Crippen LogP contribution in [-0.4, -0.2) is 40.6 Å². The molecule has 1 rings (SSSR count). The van der Waals surface area contributed by atoms with Crippen LogP contribution < -0.4 is 5.32 Å². The van der Waals surface area contributed by atoms with Gasteiger partial charge >= 0.3 is 12.0 Å². The van der Waals surface area contributed by atoms with Gasteiger partial charge in [0, 0.05) is 12.6 Å². The van der Waals surface area contributed by atoms with Gasteiger partial charge in [-0.1, -0.05) is 0 Å². The molecular formula is C11H20N2O3. The summed E-state index contributed by atoms with van der Waals surface area (Å²) in [5.74, 6) is -0.406. The molecule has 2 N–H and O–H groups in total. The van der Waals surface area contributed by atoms with E-state index in [1.165, 1.54) is 19.8 Å². The first-order valence-corrected chi connectivity index (χ1v) is 5.71. The Morgan fingerprint density at radius 1 is 1.38 bits per heavy atom. The number of carboxylic acid groups (broad SMARTS) is 1. The van der Waals surface area contributed by atoms with Gasteiger partial charge in [-0.25, -0.2) is 4.79 Å². The molecule has 0 spiro atoms. The maximum absolute atomic E-state index is 11.8. The highest BCUT2D eigenvalue weighted by molar-refractivity contribution is 5.82. The van der Waals surface area contributed by atoms with Crippen LogP contribution in [0.2, 0.25) is 0 Å². The average molecular weight is 228 g/mol. The first-order valence-electron chi connectivity index (χ1n) is 5.71. The second kappa shape index (κ2) is 5.18. The third-order valence-electron chi connectivity index (χ3n) is 2.75. The highest BCUT2D eigenvalue weighted by Gasteiger charge is 2.29. The minimum absolute atomic E-state index is 0.0987. The monoisotopic (exact) mass is 228 g/mol. The molecule has 16 heavy (non-hydrogen) atoms. The predicted octanol–water partition coefficient (Wildman–Crippen LogP) is 1.29. The highest BCUT2D eigenvalue weighted by atomic mass is 16.4. The number of hydrogen-bond acceptors (Lipinski definition) is 2. The van der Waals surface area contributed by atoms with Crippen molar-refractivity contribution in [1.29, 1.82) is 0 Å². The van der Waals surface area contributed by atoms with E-state index in [-0.39, 0.29) is 12.1 Å². The first-order chi connectivity index (χ1) is 7.41. The van der Waals surface area contributed by atoms with Crippen molar-refractivity contribution in [2.24, 2.45) is 5.92 Å². The second-order valence-electron chi connectivity index (χ2n) is 4.70. The number of carboxylic acids is 1. The van der Waals surface area contributed by atoms with Gasteiger partial charge in [0.15, 0.2) is 0 Å². The molecule has 0 heterocycles. The van der Waals surface area contributed by atoms with Crippen LogP contribution in [0.3, 0.4) is 0 Å². The number of nitrogens with one attached hydrogen (secondary N) is 1. The van der Waals surface area contributed by atoms with Crippen LogP contribution in [0, 0.1) is 5.92 Å². The fourth-order valence-corrected chi connectivity index (χ4v) is 1.44. The van der Waals surface area contributed by atoms with Gasteiger partial charge in [0.1, 0.15) is 6.04 Å². The largest absolute Gasteiger partial charge is 0.480 e. The molecular weight excluding hydrogens is 208 g/mol. The summed E-state index contributed by atoms with van der Waals surface area (Å²) in [7, 11) is 0. The Bertz CT molecular complexity index is 274. The second-order valence-corrected chi connectivity index (χ2v) is 4.70. The van der Waals surface area contributed by atoms with Crippen LogP contribution in [0.1, 0.15) is 33.6 Å². The van der Waals surface area contributed by atoms with E-state index in [4.69, 9.17) is 5.11 Å². The average Bonchev–Trinajstić information content (AvgIpc) is 2.96. The Balaban J connectivity index is 2.49. The highest BCUT2D eigenvalue weighted by Crippen LogP contribution is 2.30. The minimum Gasteiger partial charge on any atom is -0.480 e. The molecule has 0 radical (unpaired) electrons. The first kappa shape index (κ1) is 12.8. The molecule has 5 nitrogen and oxygen atoms in total. The number of carbonyl (C=O) groups is 2. The Morgan fingerprint density at radius 2 is 1.94 bits per heavy atom. The van der Waals surface area contributed by atoms with Crippen LogP contribution in [-0.2, 0) is 4.79 Å². The summed E-state index contributed by atoms with van der Waals surface area (Å²) < 4.78 is 0. The number of carbonyl (C=O) groups excluding carboxylic acids is 1. The number of aliphatic carboxylic acids is 1. The lowest BCUT2D eigenvalue weighted by Crippen LogP contribution is -2.49. The molecule has 0 unspecified atom stereocenters. The Hall–Kier alpha value is -1.26. The fourth-order valence-electron chi connectivity index (χ4n) is 1.44. The van der Waals surface area contributed by atoms with Gasteiger partial charge in [0.2, 0.25) is 0 Å². The maximum atomic E-state index is 11.8. The van der Waals surface area contributed by atoms with Crippen molar-refractivity contribution in [3.63, 3.8) is 0 Å². The Morgan fingerprint density at radius 3 is 2.31 bits per heavy atom. The van der Waals surface area contributed by atoms with Crippen LogP contribution >= 0.6 is 0 Å². The Labute approximate surface area is 95.8 Å². The van der Waals surface area contributed by atoms with E-state index >= 15 is 0 Å². The number of urea groups is 1. The summed E-state index contributed by atoms with van der Waals surface area (Å²) in [4.78, 5) is 24.1. The molecule has 0 aromatic rings. The zero-order valence-electron chi connectivity index (χ0n) is 10.1. The van der Waals surface area contributed by atoms with E-state index in [2.05, 4.69) is 5.32 Å². The van der Waals surface area contributed by atoms with Crippen LogP contribution in [0.5, 0.6) is 0 Å². The van der Waals surface area contributed by atoms with E-state index in [0.29, 0.717) is 5.92 Å². The summed E-state index contributed by atoms with van der Waals surface area (Å²) in [6.45, 7) is 6.08. The topological polar surface area (TPSA) is 69.6 Å². The van der Waals surface area contributed by atoms with Crippen molar-refractivity contribution in [2.75, 3.05) is 6.54 Å². The Kier molecular flexibility index (Phi) is 4.15. The van der Waals surface area contributed by atoms with E-state index in [1.54, 1.807) is 4.90 Å². The third-order valence-corrected chi connectivity index (χ3v) is 2.75. The van der Waals surface area contributed by atoms with Crippen LogP contribution in [0.25, 0.3) is 0 Å². The quantitative estimate of drug-likeness (QED) is 0.745. The van der Waals surface area contributed by atoms with E-state index in [0.717, 1.165) is 6.54 Å². The van der Waals surface area contributed by atoms with Gasteiger partial charge < -0.3 is 15.3 Å². The number of amides is 2. The molecule has 5 heteroatoms. The van der Waals surface area contributed by atoms with Gasteiger partial charge in [0.25, 0.3) is 0 Å². The number of rotatable bonds is 5. The molecule has 0 aromatic heterocycles. The van der Waals surface area contributed by atoms with Crippen molar-refractivity contribution < 1.29 is 14.7 Å². The summed E-state index contributed by atoms with van der Waals surface area (Å²) in [6.07, 6.45) is 2.34. The predicted molar refractivity (Wildman–Crippen MR) is 60.2 cm³/mol. The fraction of sp³-hybridized carbons (Fsp3) is 0.818. The van der Waals surface area contributed by atoms with Crippen molar-refractivity contribution in [2.45, 2.75) is 45.7 Å². The number of hydrogen-bond donors (Lipinski definition) is 2. The SMILES string of the molecule is CC(C)N(CC1CC1)C(=O)N[C@H](C)C(=O)O. The van der Waals surface area contributed by atoms with Gasteiger partial charge in [-0.05, 0) is 39.5 Å². The molecule has 0 aliphatic heterocycles. The standard InChI is InChI=1S/C11H20N2O3/c1-7(2)13(6-9-4-5-9)11(16)12-8(3)10(14)15/h7-9H,4-6H2,1-3H3,(H,12,16)(H,14,15)/t8-/m1/s1. The zero-order chi connectivity index (χ0) is 12.3. The van der Waals surface area contributed by atoms with Gasteiger partial charge in [-0.3, -0.25) is 4.79 Å². The molecule has 1 aliphatic rings. The summed E-state index contributed by atoms with van der Waals surface area (Å²) >= 11 is 0. The molecule has 92 valence electrons. The van der Waals surface area contributed by atoms with Crippen molar-refractivity contribution in [1.82, 2.24) is 10.2 Å².